The first-order chi connectivity index (χ1) is 25.3. The van der Waals surface area contributed by atoms with Gasteiger partial charge in [0.1, 0.15) is 11.2 Å². The Labute approximate surface area is 294 Å². The molecule has 11 rings (SSSR count). The van der Waals surface area contributed by atoms with E-state index in [0.29, 0.717) is 0 Å². The van der Waals surface area contributed by atoms with E-state index in [1.165, 1.54) is 81.7 Å². The predicted octanol–water partition coefficient (Wildman–Crippen LogP) is 14.4. The lowest BCUT2D eigenvalue weighted by Crippen LogP contribution is -1.93. The second-order valence-electron chi connectivity index (χ2n) is 13.5. The summed E-state index contributed by atoms with van der Waals surface area (Å²) in [7, 11) is 0. The lowest BCUT2D eigenvalue weighted by molar-refractivity contribution is 0.670. The Morgan fingerprint density at radius 1 is 0.275 bits per heavy atom. The molecule has 1 heterocycles. The molecule has 0 bridgehead atoms. The van der Waals surface area contributed by atoms with Gasteiger partial charge in [-0.25, -0.2) is 0 Å². The molecule has 1 nitrogen and oxygen atoms in total. The summed E-state index contributed by atoms with van der Waals surface area (Å²) in [5.41, 5.74) is 9.04. The summed E-state index contributed by atoms with van der Waals surface area (Å²) < 4.78 is 6.86. The lowest BCUT2D eigenvalue weighted by Gasteiger charge is -2.20. The second-order valence-corrected chi connectivity index (χ2v) is 13.5. The van der Waals surface area contributed by atoms with Gasteiger partial charge in [-0.15, -0.1) is 0 Å². The van der Waals surface area contributed by atoms with Crippen molar-refractivity contribution in [2.45, 2.75) is 0 Å². The third-order valence-corrected chi connectivity index (χ3v) is 10.8. The molecule has 0 spiro atoms. The van der Waals surface area contributed by atoms with Crippen molar-refractivity contribution >= 4 is 75.8 Å². The summed E-state index contributed by atoms with van der Waals surface area (Å²) in [4.78, 5) is 0. The Kier molecular flexibility index (Phi) is 6.02. The minimum Gasteiger partial charge on any atom is -0.455 e. The molecule has 1 heteroatoms. The van der Waals surface area contributed by atoms with Crippen LogP contribution in [0.15, 0.2) is 186 Å². The highest BCUT2D eigenvalue weighted by molar-refractivity contribution is 6.29. The molecule has 10 aromatic carbocycles. The number of furan rings is 1. The molecule has 0 atom stereocenters. The molecule has 0 aliphatic carbocycles. The van der Waals surface area contributed by atoms with E-state index < -0.39 is 0 Å². The van der Waals surface area contributed by atoms with Crippen LogP contribution in [0.2, 0.25) is 0 Å². The largest absolute Gasteiger partial charge is 0.455 e. The van der Waals surface area contributed by atoms with Crippen LogP contribution in [0.25, 0.3) is 109 Å². The Morgan fingerprint density at radius 2 is 0.765 bits per heavy atom. The number of rotatable bonds is 3. The summed E-state index contributed by atoms with van der Waals surface area (Å²) >= 11 is 0. The van der Waals surface area contributed by atoms with E-state index in [1.54, 1.807) is 0 Å². The third kappa shape index (κ3) is 4.09. The molecule has 0 saturated heterocycles. The Balaban J connectivity index is 1.29. The number of fused-ring (bicyclic) bond motifs is 9. The van der Waals surface area contributed by atoms with Crippen molar-refractivity contribution in [1.29, 1.82) is 0 Å². The highest BCUT2D eigenvalue weighted by Gasteiger charge is 2.23. The van der Waals surface area contributed by atoms with Gasteiger partial charge in [-0.1, -0.05) is 164 Å². The molecule has 11 aromatic rings. The minimum atomic E-state index is 0.898. The van der Waals surface area contributed by atoms with Crippen LogP contribution in [0.3, 0.4) is 0 Å². The minimum absolute atomic E-state index is 0.898. The molecule has 0 unspecified atom stereocenters. The average molecular weight is 647 g/mol. The van der Waals surface area contributed by atoms with Gasteiger partial charge in [-0.3, -0.25) is 0 Å². The standard InChI is InChI=1S/C50H30O/c1-3-17-33-31(14-1)16-13-26-36(33)42-28-29-44(49-43-25-11-12-27-46(43)51-50(42)49)47-38-21-7-9-23-40(38)48(41-24-10-8-22-39(41)47)45-30-32-15-2-4-18-34(32)35-19-5-6-20-37(35)45/h1-30H. The van der Waals surface area contributed by atoms with Gasteiger partial charge in [0.05, 0.1) is 0 Å². The summed E-state index contributed by atoms with van der Waals surface area (Å²) in [6.07, 6.45) is 0. The summed E-state index contributed by atoms with van der Waals surface area (Å²) in [6, 6.07) is 66.2. The van der Waals surface area contributed by atoms with Crippen LogP contribution in [0, 0.1) is 0 Å². The van der Waals surface area contributed by atoms with E-state index in [1.807, 2.05) is 0 Å². The van der Waals surface area contributed by atoms with E-state index in [2.05, 4.69) is 182 Å². The fraction of sp³-hybridized carbons (Fsp3) is 0. The number of hydrogen-bond acceptors (Lipinski definition) is 1. The third-order valence-electron chi connectivity index (χ3n) is 10.8. The summed E-state index contributed by atoms with van der Waals surface area (Å²) in [5.74, 6) is 0. The molecule has 0 aliphatic heterocycles. The zero-order valence-corrected chi connectivity index (χ0v) is 27.7. The normalized spacial score (nSPS) is 11.9. The van der Waals surface area contributed by atoms with E-state index >= 15 is 0 Å². The van der Waals surface area contributed by atoms with Gasteiger partial charge in [0, 0.05) is 16.3 Å². The van der Waals surface area contributed by atoms with Crippen LogP contribution in [-0.4, -0.2) is 0 Å². The zero-order chi connectivity index (χ0) is 33.5. The predicted molar refractivity (Wildman–Crippen MR) is 218 cm³/mol. The van der Waals surface area contributed by atoms with Crippen molar-refractivity contribution in [3.63, 3.8) is 0 Å². The molecular weight excluding hydrogens is 617 g/mol. The summed E-state index contributed by atoms with van der Waals surface area (Å²) in [6.45, 7) is 0. The molecular formula is C50H30O. The topological polar surface area (TPSA) is 13.1 Å². The van der Waals surface area contributed by atoms with Crippen LogP contribution in [0.4, 0.5) is 0 Å². The Morgan fingerprint density at radius 3 is 1.47 bits per heavy atom. The Bertz CT molecular complexity index is 3130. The Hall–Kier alpha value is -6.70. The number of hydrogen-bond donors (Lipinski definition) is 0. The monoisotopic (exact) mass is 646 g/mol. The van der Waals surface area contributed by atoms with Crippen molar-refractivity contribution < 1.29 is 4.42 Å². The average Bonchev–Trinajstić information content (AvgIpc) is 3.59. The fourth-order valence-electron chi connectivity index (χ4n) is 8.68. The molecule has 0 radical (unpaired) electrons. The number of benzene rings is 10. The van der Waals surface area contributed by atoms with Gasteiger partial charge in [0.2, 0.25) is 0 Å². The van der Waals surface area contributed by atoms with Gasteiger partial charge < -0.3 is 4.42 Å². The first-order valence-corrected chi connectivity index (χ1v) is 17.6. The van der Waals surface area contributed by atoms with E-state index in [-0.39, 0.29) is 0 Å². The van der Waals surface area contributed by atoms with Gasteiger partial charge >= 0.3 is 0 Å². The molecule has 51 heavy (non-hydrogen) atoms. The highest BCUT2D eigenvalue weighted by atomic mass is 16.3. The van der Waals surface area contributed by atoms with E-state index in [4.69, 9.17) is 4.42 Å². The maximum Gasteiger partial charge on any atom is 0.143 e. The molecule has 0 aliphatic rings. The van der Waals surface area contributed by atoms with Crippen molar-refractivity contribution in [3.8, 4) is 33.4 Å². The van der Waals surface area contributed by atoms with Crippen LogP contribution in [-0.2, 0) is 0 Å². The molecule has 0 N–H and O–H groups in total. The van der Waals surface area contributed by atoms with Gasteiger partial charge in [-0.05, 0) is 99.9 Å². The van der Waals surface area contributed by atoms with Crippen LogP contribution in [0.1, 0.15) is 0 Å². The second kappa shape index (κ2) is 10.9. The van der Waals surface area contributed by atoms with E-state index in [9.17, 15) is 0 Å². The van der Waals surface area contributed by atoms with Crippen LogP contribution < -0.4 is 0 Å². The molecule has 0 fully saturated rings. The summed E-state index contributed by atoms with van der Waals surface area (Å²) in [5, 5.41) is 14.7. The van der Waals surface area contributed by atoms with Crippen molar-refractivity contribution in [3.05, 3.63) is 182 Å². The smallest absolute Gasteiger partial charge is 0.143 e. The van der Waals surface area contributed by atoms with Gasteiger partial charge in [0.15, 0.2) is 0 Å². The lowest BCUT2D eigenvalue weighted by atomic mass is 9.82. The zero-order valence-electron chi connectivity index (χ0n) is 27.7. The maximum absolute atomic E-state index is 6.86. The SMILES string of the molecule is c1ccc2c(-c3ccc(-c4c5ccccc5c(-c5cc6ccccc6c6ccccc56)c5ccccc45)c4c3oc3ccccc34)cccc2c1. The van der Waals surface area contributed by atoms with Crippen molar-refractivity contribution in [2.75, 3.05) is 0 Å². The highest BCUT2D eigenvalue weighted by Crippen LogP contribution is 2.50. The van der Waals surface area contributed by atoms with E-state index in [0.717, 1.165) is 27.5 Å². The van der Waals surface area contributed by atoms with Crippen molar-refractivity contribution in [2.24, 2.45) is 0 Å². The first kappa shape index (κ1) is 28.2. The quantitative estimate of drug-likeness (QED) is 0.138. The molecule has 0 saturated carbocycles. The first-order valence-electron chi connectivity index (χ1n) is 17.6. The molecule has 0 amide bonds. The number of para-hydroxylation sites is 1. The van der Waals surface area contributed by atoms with Gasteiger partial charge in [0.25, 0.3) is 0 Å². The van der Waals surface area contributed by atoms with Gasteiger partial charge in [-0.2, -0.15) is 0 Å². The molecule has 236 valence electrons. The molecule has 1 aromatic heterocycles. The maximum atomic E-state index is 6.86. The fourth-order valence-corrected chi connectivity index (χ4v) is 8.68. The van der Waals surface area contributed by atoms with Crippen molar-refractivity contribution in [1.82, 2.24) is 0 Å². The van der Waals surface area contributed by atoms with Crippen LogP contribution in [0.5, 0.6) is 0 Å². The van der Waals surface area contributed by atoms with Crippen LogP contribution >= 0.6 is 0 Å².